The predicted molar refractivity (Wildman–Crippen MR) is 120 cm³/mol. The number of halogens is 1. The van der Waals surface area contributed by atoms with E-state index in [0.717, 1.165) is 11.1 Å². The highest BCUT2D eigenvalue weighted by Gasteiger charge is 2.29. The van der Waals surface area contributed by atoms with E-state index in [1.54, 1.807) is 19.2 Å². The van der Waals surface area contributed by atoms with Gasteiger partial charge in [0.15, 0.2) is 18.1 Å². The van der Waals surface area contributed by atoms with Gasteiger partial charge in [0, 0.05) is 17.6 Å². The van der Waals surface area contributed by atoms with E-state index >= 15 is 0 Å². The fourth-order valence-corrected chi connectivity index (χ4v) is 3.82. The Bertz CT molecular complexity index is 1200. The van der Waals surface area contributed by atoms with E-state index in [1.807, 2.05) is 30.3 Å². The molecule has 1 aromatic heterocycles. The molecule has 0 aliphatic carbocycles. The highest BCUT2D eigenvalue weighted by molar-refractivity contribution is 6.31. The second kappa shape index (κ2) is 9.32. The minimum absolute atomic E-state index is 0.119. The van der Waals surface area contributed by atoms with Crippen molar-refractivity contribution in [3.63, 3.8) is 0 Å². The Hall–Kier alpha value is -3.52. The molecule has 32 heavy (non-hydrogen) atoms. The second-order valence-electron chi connectivity index (χ2n) is 7.19. The van der Waals surface area contributed by atoms with Gasteiger partial charge >= 0.3 is 5.56 Å². The summed E-state index contributed by atoms with van der Waals surface area (Å²) in [5.41, 5.74) is 1.70. The number of fused-ring (bicyclic) bond motifs is 1. The standard InChI is InChI=1S/C23H22ClN3O5/c1-30-19-10-16(17(24)11-20(19)31-2)8-9-26-18-12-25-27(13-15-6-4-3-5-7-15)23(29)22(18)32-14-21(26)28/h3-7,10-12H,8-9,13-14H2,1-2H3. The van der Waals surface area contributed by atoms with Gasteiger partial charge in [0.25, 0.3) is 5.91 Å². The minimum atomic E-state index is -0.381. The molecule has 0 bridgehead atoms. The summed E-state index contributed by atoms with van der Waals surface area (Å²) in [5.74, 6) is 0.938. The Morgan fingerprint density at radius 2 is 1.81 bits per heavy atom. The molecule has 4 rings (SSSR count). The van der Waals surface area contributed by atoms with Crippen LogP contribution in [0.15, 0.2) is 53.5 Å². The van der Waals surface area contributed by atoms with Gasteiger partial charge in [-0.05, 0) is 23.6 Å². The van der Waals surface area contributed by atoms with E-state index < -0.39 is 0 Å². The summed E-state index contributed by atoms with van der Waals surface area (Å²) in [7, 11) is 3.08. The molecule has 0 saturated heterocycles. The molecule has 1 aliphatic heterocycles. The van der Waals surface area contributed by atoms with Gasteiger partial charge in [-0.15, -0.1) is 0 Å². The van der Waals surface area contributed by atoms with Crippen LogP contribution in [0, 0.1) is 0 Å². The van der Waals surface area contributed by atoms with Gasteiger partial charge in [-0.1, -0.05) is 41.9 Å². The molecule has 2 heterocycles. The van der Waals surface area contributed by atoms with E-state index in [1.165, 1.54) is 22.9 Å². The zero-order valence-electron chi connectivity index (χ0n) is 17.7. The van der Waals surface area contributed by atoms with Crippen molar-refractivity contribution in [3.8, 4) is 17.2 Å². The first-order valence-corrected chi connectivity index (χ1v) is 10.4. The van der Waals surface area contributed by atoms with Gasteiger partial charge < -0.3 is 19.1 Å². The summed E-state index contributed by atoms with van der Waals surface area (Å²) in [6, 6.07) is 13.0. The van der Waals surface area contributed by atoms with E-state index in [9.17, 15) is 9.59 Å². The first-order chi connectivity index (χ1) is 15.5. The first-order valence-electron chi connectivity index (χ1n) is 9.99. The highest BCUT2D eigenvalue weighted by Crippen LogP contribution is 2.34. The molecular weight excluding hydrogens is 434 g/mol. The van der Waals surface area contributed by atoms with Crippen molar-refractivity contribution in [3.05, 3.63) is 75.2 Å². The van der Waals surface area contributed by atoms with Crippen molar-refractivity contribution >= 4 is 23.2 Å². The smallest absolute Gasteiger partial charge is 0.311 e. The second-order valence-corrected chi connectivity index (χ2v) is 7.60. The average Bonchev–Trinajstić information content (AvgIpc) is 2.81. The number of nitrogens with zero attached hydrogens (tertiary/aromatic N) is 3. The SMILES string of the molecule is COc1cc(Cl)c(CCN2C(=O)COc3c2cnn(Cc2ccccc2)c3=O)cc1OC. The molecular formula is C23H22ClN3O5. The summed E-state index contributed by atoms with van der Waals surface area (Å²) >= 11 is 6.39. The third-order valence-corrected chi connectivity index (χ3v) is 5.60. The van der Waals surface area contributed by atoms with E-state index in [0.29, 0.717) is 41.7 Å². The molecule has 0 atom stereocenters. The average molecular weight is 456 g/mol. The van der Waals surface area contributed by atoms with Crippen LogP contribution >= 0.6 is 11.6 Å². The number of rotatable bonds is 7. The number of aromatic nitrogens is 2. The number of carbonyl (C=O) groups is 1. The largest absolute Gasteiger partial charge is 0.493 e. The Morgan fingerprint density at radius 3 is 2.53 bits per heavy atom. The Kier molecular flexibility index (Phi) is 6.32. The molecule has 1 aliphatic rings. The number of ether oxygens (including phenoxy) is 3. The van der Waals surface area contributed by atoms with Gasteiger partial charge in [-0.2, -0.15) is 5.10 Å². The molecule has 166 valence electrons. The quantitative estimate of drug-likeness (QED) is 0.544. The maximum atomic E-state index is 12.9. The zero-order valence-corrected chi connectivity index (χ0v) is 18.5. The number of methoxy groups -OCH3 is 2. The number of hydrogen-bond donors (Lipinski definition) is 0. The van der Waals surface area contributed by atoms with Crippen LogP contribution in [0.3, 0.4) is 0 Å². The third kappa shape index (κ3) is 4.27. The fraction of sp³-hybridized carbons (Fsp3) is 0.261. The van der Waals surface area contributed by atoms with Gasteiger partial charge in [0.1, 0.15) is 5.69 Å². The van der Waals surface area contributed by atoms with Gasteiger partial charge in [-0.3, -0.25) is 9.59 Å². The van der Waals surface area contributed by atoms with E-state index in [2.05, 4.69) is 5.10 Å². The maximum Gasteiger partial charge on any atom is 0.311 e. The van der Waals surface area contributed by atoms with Crippen LogP contribution in [0.25, 0.3) is 0 Å². The molecule has 0 radical (unpaired) electrons. The lowest BCUT2D eigenvalue weighted by molar-refractivity contribution is -0.121. The van der Waals surface area contributed by atoms with Crippen molar-refractivity contribution in [1.82, 2.24) is 9.78 Å². The van der Waals surface area contributed by atoms with Crippen LogP contribution in [0.4, 0.5) is 5.69 Å². The van der Waals surface area contributed by atoms with Crippen molar-refractivity contribution in [2.45, 2.75) is 13.0 Å². The van der Waals surface area contributed by atoms with E-state index in [4.69, 9.17) is 25.8 Å². The molecule has 0 unspecified atom stereocenters. The molecule has 9 heteroatoms. The lowest BCUT2D eigenvalue weighted by atomic mass is 10.1. The Balaban J connectivity index is 1.59. The molecule has 1 amide bonds. The molecule has 0 saturated carbocycles. The van der Waals surface area contributed by atoms with Crippen LogP contribution < -0.4 is 24.7 Å². The summed E-state index contributed by atoms with van der Waals surface area (Å²) in [5, 5.41) is 4.76. The van der Waals surface area contributed by atoms with Crippen LogP contribution in [0.5, 0.6) is 17.2 Å². The van der Waals surface area contributed by atoms with Crippen LogP contribution in [0.2, 0.25) is 5.02 Å². The number of amides is 1. The van der Waals surface area contributed by atoms with Crippen molar-refractivity contribution in [1.29, 1.82) is 0 Å². The van der Waals surface area contributed by atoms with Crippen molar-refractivity contribution < 1.29 is 19.0 Å². The van der Waals surface area contributed by atoms with Crippen LogP contribution in [-0.2, 0) is 17.8 Å². The number of hydrogen-bond acceptors (Lipinski definition) is 6. The number of carbonyl (C=O) groups excluding carboxylic acids is 1. The summed E-state index contributed by atoms with van der Waals surface area (Å²) in [6.45, 7) is 0.400. The van der Waals surface area contributed by atoms with Crippen molar-refractivity contribution in [2.24, 2.45) is 0 Å². The molecule has 0 fully saturated rings. The summed E-state index contributed by atoms with van der Waals surface area (Å²) in [6.07, 6.45) is 1.93. The van der Waals surface area contributed by atoms with Crippen molar-refractivity contribution in [2.75, 3.05) is 32.3 Å². The zero-order chi connectivity index (χ0) is 22.7. The lowest BCUT2D eigenvalue weighted by Gasteiger charge is -2.29. The van der Waals surface area contributed by atoms with Crippen LogP contribution in [-0.4, -0.2) is 43.1 Å². The highest BCUT2D eigenvalue weighted by atomic mass is 35.5. The normalized spacial score (nSPS) is 12.8. The lowest BCUT2D eigenvalue weighted by Crippen LogP contribution is -2.43. The molecule has 3 aromatic rings. The maximum absolute atomic E-state index is 12.9. The predicted octanol–water partition coefficient (Wildman–Crippen LogP) is 2.93. The third-order valence-electron chi connectivity index (χ3n) is 5.25. The molecule has 8 nitrogen and oxygen atoms in total. The van der Waals surface area contributed by atoms with E-state index in [-0.39, 0.29) is 23.8 Å². The summed E-state index contributed by atoms with van der Waals surface area (Å²) < 4.78 is 17.4. The topological polar surface area (TPSA) is 82.9 Å². The van der Waals surface area contributed by atoms with Crippen LogP contribution in [0.1, 0.15) is 11.1 Å². The fourth-order valence-electron chi connectivity index (χ4n) is 3.57. The van der Waals surface area contributed by atoms with Gasteiger partial charge in [-0.25, -0.2) is 4.68 Å². The Morgan fingerprint density at radius 1 is 1.09 bits per heavy atom. The summed E-state index contributed by atoms with van der Waals surface area (Å²) in [4.78, 5) is 27.0. The first kappa shape index (κ1) is 21.7. The Labute approximate surface area is 189 Å². The van der Waals surface area contributed by atoms with Gasteiger partial charge in [0.2, 0.25) is 5.75 Å². The monoisotopic (exact) mass is 455 g/mol. The minimum Gasteiger partial charge on any atom is -0.493 e. The number of benzene rings is 2. The number of anilines is 1. The molecule has 0 N–H and O–H groups in total. The molecule has 2 aromatic carbocycles. The van der Waals surface area contributed by atoms with Gasteiger partial charge in [0.05, 0.1) is 27.0 Å². The molecule has 0 spiro atoms.